The van der Waals surface area contributed by atoms with Crippen molar-refractivity contribution in [2.75, 3.05) is 19.3 Å². The molecule has 0 aliphatic carbocycles. The van der Waals surface area contributed by atoms with Crippen LogP contribution in [0.4, 0.5) is 0 Å². The van der Waals surface area contributed by atoms with Gasteiger partial charge in [0.25, 0.3) is 0 Å². The zero-order valence-corrected chi connectivity index (χ0v) is 13.3. The van der Waals surface area contributed by atoms with Crippen LogP contribution in [0.3, 0.4) is 0 Å². The van der Waals surface area contributed by atoms with Gasteiger partial charge in [-0.2, -0.15) is 0 Å². The van der Waals surface area contributed by atoms with E-state index in [1.165, 1.54) is 32.2 Å². The number of hydrogen-bond donors (Lipinski definition) is 0. The Bertz CT molecular complexity index is 398. The van der Waals surface area contributed by atoms with Gasteiger partial charge < -0.3 is 4.90 Å². The lowest BCUT2D eigenvalue weighted by molar-refractivity contribution is 0.182. The molecule has 0 N–H and O–H groups in total. The normalized spacial score (nSPS) is 21.8. The number of aromatic nitrogens is 4. The molecule has 1 aliphatic rings. The molecule has 0 amide bonds. The number of hydrogen-bond acceptors (Lipinski definition) is 5. The molecule has 0 aromatic carbocycles. The number of piperidine rings is 1. The highest BCUT2D eigenvalue weighted by Crippen LogP contribution is 2.24. The molecule has 1 aromatic heterocycles. The van der Waals surface area contributed by atoms with E-state index in [9.17, 15) is 0 Å². The van der Waals surface area contributed by atoms with E-state index < -0.39 is 0 Å². The van der Waals surface area contributed by atoms with Gasteiger partial charge >= 0.3 is 0 Å². The first-order chi connectivity index (χ1) is 8.98. The maximum absolute atomic E-state index is 4.14. The lowest BCUT2D eigenvalue weighted by atomic mass is 10.0. The summed E-state index contributed by atoms with van der Waals surface area (Å²) < 4.78 is 1.92. The molecule has 19 heavy (non-hydrogen) atoms. The number of rotatable bonds is 4. The maximum atomic E-state index is 4.14. The summed E-state index contributed by atoms with van der Waals surface area (Å²) in [6, 6.07) is 0.736. The van der Waals surface area contributed by atoms with Gasteiger partial charge in [-0.15, -0.1) is 5.10 Å². The van der Waals surface area contributed by atoms with E-state index in [4.69, 9.17) is 0 Å². The van der Waals surface area contributed by atoms with Crippen LogP contribution in [0.15, 0.2) is 5.16 Å². The van der Waals surface area contributed by atoms with E-state index in [-0.39, 0.29) is 5.54 Å². The summed E-state index contributed by atoms with van der Waals surface area (Å²) in [4.78, 5) is 2.50. The third-order valence-corrected chi connectivity index (χ3v) is 4.63. The first-order valence-electron chi connectivity index (χ1n) is 7.10. The molecule has 0 spiro atoms. The first-order valence-corrected chi connectivity index (χ1v) is 8.09. The quantitative estimate of drug-likeness (QED) is 0.794. The van der Waals surface area contributed by atoms with Gasteiger partial charge in [-0.3, -0.25) is 0 Å². The van der Waals surface area contributed by atoms with E-state index in [1.54, 1.807) is 11.8 Å². The van der Waals surface area contributed by atoms with Crippen molar-refractivity contribution in [3.05, 3.63) is 0 Å². The largest absolute Gasteiger partial charge is 0.303 e. The minimum absolute atomic E-state index is 0.0482. The van der Waals surface area contributed by atoms with Gasteiger partial charge in [0.2, 0.25) is 5.16 Å². The Balaban J connectivity index is 1.84. The van der Waals surface area contributed by atoms with Crippen molar-refractivity contribution in [3.63, 3.8) is 0 Å². The van der Waals surface area contributed by atoms with Gasteiger partial charge in [0.05, 0.1) is 5.54 Å². The van der Waals surface area contributed by atoms with Crippen LogP contribution in [0.5, 0.6) is 0 Å². The van der Waals surface area contributed by atoms with Gasteiger partial charge in [0.15, 0.2) is 0 Å². The standard InChI is InChI=1S/C13H25N5S/c1-13(2,3)18-12(14-15-16-18)19-10-8-11-7-5-6-9-17(11)4/h11H,5-10H2,1-4H3. The van der Waals surface area contributed by atoms with Crippen molar-refractivity contribution in [2.24, 2.45) is 0 Å². The molecule has 0 saturated carbocycles. The molecular weight excluding hydrogens is 258 g/mol. The van der Waals surface area contributed by atoms with Crippen molar-refractivity contribution >= 4 is 11.8 Å². The third-order valence-electron chi connectivity index (χ3n) is 3.68. The average molecular weight is 283 g/mol. The topological polar surface area (TPSA) is 46.8 Å². The van der Waals surface area contributed by atoms with Crippen molar-refractivity contribution in [3.8, 4) is 0 Å². The molecule has 1 unspecified atom stereocenters. The van der Waals surface area contributed by atoms with Gasteiger partial charge in [-0.05, 0) is 64.1 Å². The fraction of sp³-hybridized carbons (Fsp3) is 0.923. The minimum Gasteiger partial charge on any atom is -0.303 e. The average Bonchev–Trinajstić information content (AvgIpc) is 2.80. The zero-order chi connectivity index (χ0) is 13.9. The minimum atomic E-state index is -0.0482. The van der Waals surface area contributed by atoms with Crippen LogP contribution in [0.25, 0.3) is 0 Å². The molecule has 1 fully saturated rings. The van der Waals surface area contributed by atoms with Crippen LogP contribution in [0, 0.1) is 0 Å². The highest BCUT2D eigenvalue weighted by molar-refractivity contribution is 7.99. The summed E-state index contributed by atoms with van der Waals surface area (Å²) in [5.41, 5.74) is -0.0482. The van der Waals surface area contributed by atoms with Gasteiger partial charge in [-0.1, -0.05) is 18.2 Å². The van der Waals surface area contributed by atoms with E-state index in [1.807, 2.05) is 4.68 Å². The highest BCUT2D eigenvalue weighted by Gasteiger charge is 2.21. The van der Waals surface area contributed by atoms with E-state index >= 15 is 0 Å². The highest BCUT2D eigenvalue weighted by atomic mass is 32.2. The van der Waals surface area contributed by atoms with Crippen molar-refractivity contribution in [1.82, 2.24) is 25.1 Å². The van der Waals surface area contributed by atoms with Crippen LogP contribution in [0.1, 0.15) is 46.5 Å². The molecule has 1 aromatic rings. The lowest BCUT2D eigenvalue weighted by Gasteiger charge is -2.32. The molecule has 1 atom stereocenters. The molecule has 1 saturated heterocycles. The maximum Gasteiger partial charge on any atom is 0.209 e. The predicted octanol–water partition coefficient (Wildman–Crippen LogP) is 2.39. The summed E-state index contributed by atoms with van der Waals surface area (Å²) >= 11 is 1.78. The summed E-state index contributed by atoms with van der Waals surface area (Å²) in [5.74, 6) is 1.09. The lowest BCUT2D eigenvalue weighted by Crippen LogP contribution is -2.36. The Hall–Kier alpha value is -0.620. The van der Waals surface area contributed by atoms with Crippen LogP contribution in [0.2, 0.25) is 0 Å². The van der Waals surface area contributed by atoms with Gasteiger partial charge in [0, 0.05) is 11.8 Å². The molecule has 0 radical (unpaired) electrons. The predicted molar refractivity (Wildman–Crippen MR) is 78.4 cm³/mol. The Morgan fingerprint density at radius 3 is 2.79 bits per heavy atom. The molecule has 2 heterocycles. The second-order valence-electron chi connectivity index (χ2n) is 6.31. The SMILES string of the molecule is CN1CCCCC1CCSc1nnnn1C(C)(C)C. The Morgan fingerprint density at radius 1 is 1.32 bits per heavy atom. The molecule has 0 bridgehead atoms. The van der Waals surface area contributed by atoms with Crippen molar-refractivity contribution in [1.29, 1.82) is 0 Å². The Kier molecular flexibility index (Phi) is 4.84. The second-order valence-corrected chi connectivity index (χ2v) is 7.37. The summed E-state index contributed by atoms with van der Waals surface area (Å²) in [6.07, 6.45) is 5.28. The van der Waals surface area contributed by atoms with E-state index in [2.05, 4.69) is 48.2 Å². The molecule has 1 aliphatic heterocycles. The summed E-state index contributed by atoms with van der Waals surface area (Å²) in [5, 5.41) is 13.0. The summed E-state index contributed by atoms with van der Waals surface area (Å²) in [6.45, 7) is 7.63. The van der Waals surface area contributed by atoms with Crippen LogP contribution in [-0.4, -0.2) is 50.5 Å². The second kappa shape index (κ2) is 6.22. The number of likely N-dealkylation sites (tertiary alicyclic amines) is 1. The van der Waals surface area contributed by atoms with E-state index in [0.717, 1.165) is 17.0 Å². The fourth-order valence-electron chi connectivity index (χ4n) is 2.49. The van der Waals surface area contributed by atoms with Gasteiger partial charge in [0.1, 0.15) is 0 Å². The zero-order valence-electron chi connectivity index (χ0n) is 12.5. The Morgan fingerprint density at radius 2 is 2.11 bits per heavy atom. The van der Waals surface area contributed by atoms with E-state index in [0.29, 0.717) is 0 Å². The molecule has 6 heteroatoms. The van der Waals surface area contributed by atoms with Crippen LogP contribution in [-0.2, 0) is 5.54 Å². The molecule has 2 rings (SSSR count). The van der Waals surface area contributed by atoms with Crippen molar-refractivity contribution in [2.45, 2.75) is 63.2 Å². The first kappa shape index (κ1) is 14.8. The number of tetrazole rings is 1. The monoisotopic (exact) mass is 283 g/mol. The summed E-state index contributed by atoms with van der Waals surface area (Å²) in [7, 11) is 2.24. The molecular formula is C13H25N5S. The van der Waals surface area contributed by atoms with Crippen LogP contribution < -0.4 is 0 Å². The number of thioether (sulfide) groups is 1. The fourth-order valence-corrected chi connectivity index (χ4v) is 3.58. The molecule has 5 nitrogen and oxygen atoms in total. The van der Waals surface area contributed by atoms with Crippen molar-refractivity contribution < 1.29 is 0 Å². The molecule has 108 valence electrons. The van der Waals surface area contributed by atoms with Crippen LogP contribution >= 0.6 is 11.8 Å². The number of nitrogens with zero attached hydrogens (tertiary/aromatic N) is 5. The Labute approximate surface area is 120 Å². The smallest absolute Gasteiger partial charge is 0.209 e. The van der Waals surface area contributed by atoms with Gasteiger partial charge in [-0.25, -0.2) is 4.68 Å². The third kappa shape index (κ3) is 3.92.